The van der Waals surface area contributed by atoms with Gasteiger partial charge in [-0.2, -0.15) is 0 Å². The molecule has 0 heterocycles. The van der Waals surface area contributed by atoms with E-state index in [4.69, 9.17) is 0 Å². The van der Waals surface area contributed by atoms with E-state index < -0.39 is 0 Å². The van der Waals surface area contributed by atoms with Gasteiger partial charge in [0.2, 0.25) is 0 Å². The topological polar surface area (TPSA) is 20.3 Å². The van der Waals surface area contributed by atoms with E-state index in [1.807, 2.05) is 18.2 Å². The van der Waals surface area contributed by atoms with Crippen LogP contribution in [0.3, 0.4) is 0 Å². The van der Waals surface area contributed by atoms with Crippen molar-refractivity contribution in [1.29, 1.82) is 0 Å². The van der Waals surface area contributed by atoms with Crippen LogP contribution >= 0.6 is 15.9 Å². The number of anilines is 1. The van der Waals surface area contributed by atoms with Crippen molar-refractivity contribution in [3.8, 4) is 0 Å². The monoisotopic (exact) mass is 283 g/mol. The van der Waals surface area contributed by atoms with Crippen molar-refractivity contribution in [1.82, 2.24) is 0 Å². The average Bonchev–Trinajstić information content (AvgIpc) is 2.25. The first-order valence-corrected chi connectivity index (χ1v) is 6.29. The summed E-state index contributed by atoms with van der Waals surface area (Å²) in [5, 5.41) is 0. The van der Waals surface area contributed by atoms with Crippen molar-refractivity contribution in [2.45, 2.75) is 20.3 Å². The molecule has 16 heavy (non-hydrogen) atoms. The molecule has 3 heteroatoms. The zero-order valence-corrected chi connectivity index (χ0v) is 11.6. The van der Waals surface area contributed by atoms with Crippen LogP contribution in [0.4, 0.5) is 5.69 Å². The predicted molar refractivity (Wildman–Crippen MR) is 72.3 cm³/mol. The normalized spacial score (nSPS) is 10.6. The summed E-state index contributed by atoms with van der Waals surface area (Å²) in [6.07, 6.45) is 2.03. The largest absolute Gasteiger partial charge is 0.374 e. The number of hydrogen-bond acceptors (Lipinski definition) is 2. The molecule has 0 N–H and O–H groups in total. The highest BCUT2D eigenvalue weighted by Crippen LogP contribution is 2.26. The first-order valence-electron chi connectivity index (χ1n) is 5.50. The number of halogens is 1. The summed E-state index contributed by atoms with van der Waals surface area (Å²) in [6.45, 7) is 5.47. The molecule has 0 amide bonds. The predicted octanol–water partition coefficient (Wildman–Crippen LogP) is 3.74. The van der Waals surface area contributed by atoms with Crippen LogP contribution in [0.1, 0.15) is 30.6 Å². The van der Waals surface area contributed by atoms with Gasteiger partial charge in [-0.15, -0.1) is 0 Å². The molecule has 0 aliphatic carbocycles. The van der Waals surface area contributed by atoms with E-state index in [1.54, 1.807) is 0 Å². The summed E-state index contributed by atoms with van der Waals surface area (Å²) in [7, 11) is 2.07. The lowest BCUT2D eigenvalue weighted by atomic mass is 10.1. The molecule has 2 nitrogen and oxygen atoms in total. The molecule has 0 spiro atoms. The Kier molecular flexibility index (Phi) is 5.00. The second-order valence-electron chi connectivity index (χ2n) is 4.43. The SMILES string of the molecule is CC(C)CCN(C)c1ccc(C=O)cc1Br. The number of aldehydes is 1. The van der Waals surface area contributed by atoms with Gasteiger partial charge in [0.15, 0.2) is 0 Å². The molecule has 0 aromatic heterocycles. The first kappa shape index (κ1) is 13.2. The number of benzene rings is 1. The second-order valence-corrected chi connectivity index (χ2v) is 5.29. The van der Waals surface area contributed by atoms with E-state index in [1.165, 1.54) is 6.42 Å². The van der Waals surface area contributed by atoms with Crippen molar-refractivity contribution in [2.75, 3.05) is 18.5 Å². The molecular formula is C13H18BrNO. The highest BCUT2D eigenvalue weighted by Gasteiger charge is 2.07. The minimum absolute atomic E-state index is 0.702. The van der Waals surface area contributed by atoms with Gasteiger partial charge < -0.3 is 4.90 Å². The van der Waals surface area contributed by atoms with Gasteiger partial charge in [-0.05, 0) is 46.5 Å². The number of carbonyl (C=O) groups is 1. The summed E-state index contributed by atoms with van der Waals surface area (Å²) in [5.74, 6) is 0.704. The summed E-state index contributed by atoms with van der Waals surface area (Å²) < 4.78 is 0.975. The Morgan fingerprint density at radius 1 is 1.44 bits per heavy atom. The van der Waals surface area contributed by atoms with Crippen molar-refractivity contribution in [3.63, 3.8) is 0 Å². The van der Waals surface area contributed by atoms with E-state index >= 15 is 0 Å². The van der Waals surface area contributed by atoms with Crippen LogP contribution in [0.2, 0.25) is 0 Å². The van der Waals surface area contributed by atoms with E-state index in [2.05, 4.69) is 41.7 Å². The average molecular weight is 284 g/mol. The Morgan fingerprint density at radius 2 is 2.12 bits per heavy atom. The fourth-order valence-electron chi connectivity index (χ4n) is 1.48. The van der Waals surface area contributed by atoms with Gasteiger partial charge >= 0.3 is 0 Å². The Hall–Kier alpha value is -0.830. The summed E-state index contributed by atoms with van der Waals surface area (Å²) in [4.78, 5) is 12.8. The molecule has 0 saturated heterocycles. The van der Waals surface area contributed by atoms with Gasteiger partial charge in [0.05, 0.1) is 5.69 Å². The van der Waals surface area contributed by atoms with Crippen LogP contribution in [0.25, 0.3) is 0 Å². The lowest BCUT2D eigenvalue weighted by molar-refractivity contribution is 0.112. The molecule has 0 radical (unpaired) electrons. The maximum Gasteiger partial charge on any atom is 0.150 e. The summed E-state index contributed by atoms with van der Waals surface area (Å²) in [6, 6.07) is 5.68. The van der Waals surface area contributed by atoms with Gasteiger partial charge in [0.1, 0.15) is 6.29 Å². The van der Waals surface area contributed by atoms with Gasteiger partial charge in [-0.3, -0.25) is 4.79 Å². The molecule has 0 fully saturated rings. The van der Waals surface area contributed by atoms with Gasteiger partial charge in [0.25, 0.3) is 0 Å². The third-order valence-electron chi connectivity index (χ3n) is 2.56. The van der Waals surface area contributed by atoms with E-state index in [0.717, 1.165) is 23.0 Å². The fourth-order valence-corrected chi connectivity index (χ4v) is 2.18. The van der Waals surface area contributed by atoms with Crippen LogP contribution in [0, 0.1) is 5.92 Å². The van der Waals surface area contributed by atoms with Crippen molar-refractivity contribution < 1.29 is 4.79 Å². The molecular weight excluding hydrogens is 266 g/mol. The summed E-state index contributed by atoms with van der Waals surface area (Å²) in [5.41, 5.74) is 1.83. The van der Waals surface area contributed by atoms with Crippen LogP contribution < -0.4 is 4.90 Å². The van der Waals surface area contributed by atoms with E-state index in [9.17, 15) is 4.79 Å². The molecule has 0 unspecified atom stereocenters. The minimum atomic E-state index is 0.702. The molecule has 88 valence electrons. The smallest absolute Gasteiger partial charge is 0.150 e. The van der Waals surface area contributed by atoms with Crippen LogP contribution in [0.5, 0.6) is 0 Å². The Balaban J connectivity index is 2.75. The number of nitrogens with zero attached hydrogens (tertiary/aromatic N) is 1. The number of hydrogen-bond donors (Lipinski definition) is 0. The van der Waals surface area contributed by atoms with E-state index in [-0.39, 0.29) is 0 Å². The van der Waals surface area contributed by atoms with Gasteiger partial charge in [0, 0.05) is 23.6 Å². The highest BCUT2D eigenvalue weighted by molar-refractivity contribution is 9.10. The Labute approximate surface area is 106 Å². The molecule has 1 rings (SSSR count). The molecule has 0 atom stereocenters. The summed E-state index contributed by atoms with van der Waals surface area (Å²) >= 11 is 3.50. The van der Waals surface area contributed by atoms with E-state index in [0.29, 0.717) is 11.5 Å². The zero-order chi connectivity index (χ0) is 12.1. The van der Waals surface area contributed by atoms with Crippen molar-refractivity contribution >= 4 is 27.9 Å². The molecule has 0 aliphatic heterocycles. The number of carbonyl (C=O) groups excluding carboxylic acids is 1. The Morgan fingerprint density at radius 3 is 2.62 bits per heavy atom. The van der Waals surface area contributed by atoms with Crippen LogP contribution in [-0.4, -0.2) is 19.9 Å². The van der Waals surface area contributed by atoms with Gasteiger partial charge in [-0.25, -0.2) is 0 Å². The number of rotatable bonds is 5. The maximum absolute atomic E-state index is 10.6. The Bertz CT molecular complexity index is 363. The standard InChI is InChI=1S/C13H18BrNO/c1-10(2)6-7-15(3)13-5-4-11(9-16)8-12(13)14/h4-5,8-10H,6-7H2,1-3H3. The van der Waals surface area contributed by atoms with Crippen molar-refractivity contribution in [2.24, 2.45) is 5.92 Å². The first-order chi connectivity index (χ1) is 7.54. The molecule has 1 aromatic carbocycles. The molecule has 1 aromatic rings. The van der Waals surface area contributed by atoms with Gasteiger partial charge in [-0.1, -0.05) is 13.8 Å². The lowest BCUT2D eigenvalue weighted by Gasteiger charge is -2.21. The third-order valence-corrected chi connectivity index (χ3v) is 3.20. The fraction of sp³-hybridized carbons (Fsp3) is 0.462. The second kappa shape index (κ2) is 6.04. The van der Waals surface area contributed by atoms with Crippen molar-refractivity contribution in [3.05, 3.63) is 28.2 Å². The highest BCUT2D eigenvalue weighted by atomic mass is 79.9. The zero-order valence-electron chi connectivity index (χ0n) is 10.0. The van der Waals surface area contributed by atoms with Crippen LogP contribution in [0.15, 0.2) is 22.7 Å². The minimum Gasteiger partial charge on any atom is -0.374 e. The lowest BCUT2D eigenvalue weighted by Crippen LogP contribution is -2.20. The maximum atomic E-state index is 10.6. The van der Waals surface area contributed by atoms with Crippen LogP contribution in [-0.2, 0) is 0 Å². The molecule has 0 aliphatic rings. The molecule has 0 saturated carbocycles. The molecule has 0 bridgehead atoms. The third kappa shape index (κ3) is 3.63. The quantitative estimate of drug-likeness (QED) is 0.768.